The van der Waals surface area contributed by atoms with E-state index in [2.05, 4.69) is 49.3 Å². The molecule has 0 spiro atoms. The lowest BCUT2D eigenvalue weighted by Crippen LogP contribution is -1.97. The van der Waals surface area contributed by atoms with Gasteiger partial charge in [-0.1, -0.05) is 6.07 Å². The van der Waals surface area contributed by atoms with E-state index < -0.39 is 0 Å². The summed E-state index contributed by atoms with van der Waals surface area (Å²) in [6, 6.07) is 6.52. The van der Waals surface area contributed by atoms with Crippen molar-refractivity contribution in [3.05, 3.63) is 34.9 Å². The normalized spacial score (nSPS) is 10.7. The molecule has 2 heteroatoms. The number of pyridine rings is 1. The van der Waals surface area contributed by atoms with Crippen LogP contribution in [0.3, 0.4) is 0 Å². The van der Waals surface area contributed by atoms with Crippen molar-refractivity contribution < 1.29 is 0 Å². The van der Waals surface area contributed by atoms with Crippen LogP contribution in [-0.4, -0.2) is 12.0 Å². The Hall–Kier alpha value is -1.57. The first kappa shape index (κ1) is 9.97. The number of hydrogen-bond donors (Lipinski definition) is 1. The van der Waals surface area contributed by atoms with E-state index in [-0.39, 0.29) is 0 Å². The number of aryl methyl sites for hydroxylation is 3. The van der Waals surface area contributed by atoms with Crippen LogP contribution in [0.4, 0.5) is 5.82 Å². The molecule has 0 atom stereocenters. The first-order chi connectivity index (χ1) is 7.11. The third-order valence-electron chi connectivity index (χ3n) is 2.71. The van der Waals surface area contributed by atoms with E-state index in [4.69, 9.17) is 0 Å². The molecule has 0 unspecified atom stereocenters. The van der Waals surface area contributed by atoms with Gasteiger partial charge in [0.15, 0.2) is 0 Å². The Morgan fingerprint density at radius 3 is 2.40 bits per heavy atom. The van der Waals surface area contributed by atoms with Crippen molar-refractivity contribution in [3.8, 4) is 0 Å². The largest absolute Gasteiger partial charge is 0.373 e. The Balaban J connectivity index is 2.81. The summed E-state index contributed by atoms with van der Waals surface area (Å²) < 4.78 is 0. The maximum atomic E-state index is 4.60. The lowest BCUT2D eigenvalue weighted by molar-refractivity contribution is 1.27. The standard InChI is InChI=1S/C13H16N2/c1-8-5-9(2)11-7-10(3)13(14-4)15-12(11)6-8/h5-7H,1-4H3,(H,14,15). The van der Waals surface area contributed by atoms with E-state index in [0.29, 0.717) is 0 Å². The van der Waals surface area contributed by atoms with Crippen LogP contribution in [0.15, 0.2) is 18.2 Å². The summed E-state index contributed by atoms with van der Waals surface area (Å²) in [7, 11) is 1.91. The molecular weight excluding hydrogens is 184 g/mol. The van der Waals surface area contributed by atoms with Crippen LogP contribution in [0, 0.1) is 20.8 Å². The molecular formula is C13H16N2. The van der Waals surface area contributed by atoms with Crippen molar-refractivity contribution in [2.24, 2.45) is 0 Å². The molecule has 1 aromatic carbocycles. The summed E-state index contributed by atoms with van der Waals surface area (Å²) in [6.07, 6.45) is 0. The van der Waals surface area contributed by atoms with Gasteiger partial charge in [-0.05, 0) is 49.6 Å². The highest BCUT2D eigenvalue weighted by atomic mass is 15.0. The van der Waals surface area contributed by atoms with Crippen LogP contribution in [0.1, 0.15) is 16.7 Å². The molecule has 2 rings (SSSR count). The summed E-state index contributed by atoms with van der Waals surface area (Å²) in [5.41, 5.74) is 4.82. The second-order valence-corrected chi connectivity index (χ2v) is 4.05. The average Bonchev–Trinajstić information content (AvgIpc) is 2.18. The molecule has 1 aromatic heterocycles. The molecule has 0 fully saturated rings. The van der Waals surface area contributed by atoms with Gasteiger partial charge in [-0.2, -0.15) is 0 Å². The van der Waals surface area contributed by atoms with Gasteiger partial charge in [-0.15, -0.1) is 0 Å². The Morgan fingerprint density at radius 2 is 1.73 bits per heavy atom. The lowest BCUT2D eigenvalue weighted by Gasteiger charge is -2.09. The van der Waals surface area contributed by atoms with Crippen LogP contribution in [0.5, 0.6) is 0 Å². The lowest BCUT2D eigenvalue weighted by atomic mass is 10.0. The molecule has 0 aliphatic rings. The maximum Gasteiger partial charge on any atom is 0.129 e. The van der Waals surface area contributed by atoms with E-state index in [1.165, 1.54) is 22.1 Å². The molecule has 1 N–H and O–H groups in total. The highest BCUT2D eigenvalue weighted by Crippen LogP contribution is 2.23. The zero-order valence-electron chi connectivity index (χ0n) is 9.68. The Morgan fingerprint density at radius 1 is 1.00 bits per heavy atom. The third kappa shape index (κ3) is 1.67. The monoisotopic (exact) mass is 200 g/mol. The summed E-state index contributed by atoms with van der Waals surface area (Å²) in [6.45, 7) is 6.32. The number of fused-ring (bicyclic) bond motifs is 1. The third-order valence-corrected chi connectivity index (χ3v) is 2.71. The second-order valence-electron chi connectivity index (χ2n) is 4.05. The molecule has 2 nitrogen and oxygen atoms in total. The average molecular weight is 200 g/mol. The molecule has 2 aromatic rings. The number of benzene rings is 1. The van der Waals surface area contributed by atoms with Crippen LogP contribution in [0.25, 0.3) is 10.9 Å². The minimum absolute atomic E-state index is 0.965. The smallest absolute Gasteiger partial charge is 0.129 e. The highest BCUT2D eigenvalue weighted by molar-refractivity contribution is 5.85. The fourth-order valence-corrected chi connectivity index (χ4v) is 1.98. The Kier molecular flexibility index (Phi) is 2.35. The van der Waals surface area contributed by atoms with Crippen LogP contribution in [-0.2, 0) is 0 Å². The Bertz CT molecular complexity index is 515. The maximum absolute atomic E-state index is 4.60. The number of hydrogen-bond acceptors (Lipinski definition) is 2. The minimum Gasteiger partial charge on any atom is -0.373 e. The number of nitrogens with zero attached hydrogens (tertiary/aromatic N) is 1. The first-order valence-electron chi connectivity index (χ1n) is 5.18. The van der Waals surface area contributed by atoms with Gasteiger partial charge in [0.1, 0.15) is 5.82 Å². The number of anilines is 1. The minimum atomic E-state index is 0.965. The molecule has 0 saturated heterocycles. The van der Waals surface area contributed by atoms with Crippen molar-refractivity contribution in [2.75, 3.05) is 12.4 Å². The molecule has 78 valence electrons. The van der Waals surface area contributed by atoms with Crippen molar-refractivity contribution in [1.29, 1.82) is 0 Å². The molecule has 15 heavy (non-hydrogen) atoms. The molecule has 0 saturated carbocycles. The zero-order chi connectivity index (χ0) is 11.0. The first-order valence-corrected chi connectivity index (χ1v) is 5.18. The molecule has 1 heterocycles. The fraction of sp³-hybridized carbons (Fsp3) is 0.308. The van der Waals surface area contributed by atoms with Crippen LogP contribution in [0.2, 0.25) is 0 Å². The fourth-order valence-electron chi connectivity index (χ4n) is 1.98. The van der Waals surface area contributed by atoms with E-state index in [0.717, 1.165) is 11.3 Å². The Labute approximate surface area is 90.3 Å². The SMILES string of the molecule is CNc1nc2cc(C)cc(C)c2cc1C. The predicted molar refractivity (Wildman–Crippen MR) is 65.5 cm³/mol. The van der Waals surface area contributed by atoms with Gasteiger partial charge < -0.3 is 5.32 Å². The van der Waals surface area contributed by atoms with Gasteiger partial charge in [0.05, 0.1) is 5.52 Å². The van der Waals surface area contributed by atoms with Gasteiger partial charge in [0, 0.05) is 12.4 Å². The van der Waals surface area contributed by atoms with Gasteiger partial charge >= 0.3 is 0 Å². The van der Waals surface area contributed by atoms with Crippen LogP contribution >= 0.6 is 0 Å². The quantitative estimate of drug-likeness (QED) is 0.764. The number of aromatic nitrogens is 1. The number of nitrogens with one attached hydrogen (secondary N) is 1. The van der Waals surface area contributed by atoms with Gasteiger partial charge in [0.25, 0.3) is 0 Å². The molecule has 0 amide bonds. The van der Waals surface area contributed by atoms with Crippen molar-refractivity contribution in [2.45, 2.75) is 20.8 Å². The summed E-state index contributed by atoms with van der Waals surface area (Å²) in [5.74, 6) is 0.965. The topological polar surface area (TPSA) is 24.9 Å². The molecule has 0 aliphatic heterocycles. The molecule has 0 radical (unpaired) electrons. The van der Waals surface area contributed by atoms with Crippen LogP contribution < -0.4 is 5.32 Å². The van der Waals surface area contributed by atoms with Gasteiger partial charge in [0.2, 0.25) is 0 Å². The van der Waals surface area contributed by atoms with E-state index >= 15 is 0 Å². The van der Waals surface area contributed by atoms with Gasteiger partial charge in [-0.25, -0.2) is 4.98 Å². The van der Waals surface area contributed by atoms with Crippen molar-refractivity contribution in [3.63, 3.8) is 0 Å². The van der Waals surface area contributed by atoms with Gasteiger partial charge in [-0.3, -0.25) is 0 Å². The van der Waals surface area contributed by atoms with E-state index in [9.17, 15) is 0 Å². The summed E-state index contributed by atoms with van der Waals surface area (Å²) in [5, 5.41) is 4.36. The van der Waals surface area contributed by atoms with Crippen molar-refractivity contribution >= 4 is 16.7 Å². The van der Waals surface area contributed by atoms with E-state index in [1.54, 1.807) is 0 Å². The molecule has 0 bridgehead atoms. The summed E-state index contributed by atoms with van der Waals surface area (Å²) in [4.78, 5) is 4.60. The second kappa shape index (κ2) is 3.54. The highest BCUT2D eigenvalue weighted by Gasteiger charge is 2.04. The van der Waals surface area contributed by atoms with Crippen molar-refractivity contribution in [1.82, 2.24) is 4.98 Å². The zero-order valence-corrected chi connectivity index (χ0v) is 9.68. The van der Waals surface area contributed by atoms with E-state index in [1.807, 2.05) is 7.05 Å². The number of rotatable bonds is 1. The molecule has 0 aliphatic carbocycles. The predicted octanol–water partition coefficient (Wildman–Crippen LogP) is 3.20. The summed E-state index contributed by atoms with van der Waals surface area (Å²) >= 11 is 0.